The predicted octanol–water partition coefficient (Wildman–Crippen LogP) is 3.96. The smallest absolute Gasteiger partial charge is 0.141 e. The van der Waals surface area contributed by atoms with Crippen LogP contribution >= 0.6 is 35.0 Å². The molecule has 0 radical (unpaired) electrons. The highest BCUT2D eigenvalue weighted by Crippen LogP contribution is 2.29. The molecule has 0 unspecified atom stereocenters. The molecular weight excluding hydrogens is 301 g/mol. The van der Waals surface area contributed by atoms with E-state index >= 15 is 0 Å². The summed E-state index contributed by atoms with van der Waals surface area (Å²) in [6, 6.07) is 9.25. The number of amidine groups is 1. The first-order valence-electron chi connectivity index (χ1n) is 5.43. The fourth-order valence-corrected chi connectivity index (χ4v) is 2.69. The van der Waals surface area contributed by atoms with Crippen LogP contribution in [-0.4, -0.2) is 10.8 Å². The van der Waals surface area contributed by atoms with E-state index in [-0.39, 0.29) is 5.84 Å². The lowest BCUT2D eigenvalue weighted by atomic mass is 10.2. The van der Waals surface area contributed by atoms with E-state index < -0.39 is 0 Å². The van der Waals surface area contributed by atoms with E-state index in [0.717, 1.165) is 16.2 Å². The number of nitrogens with zero attached hydrogens (tertiary/aromatic N) is 1. The Balaban J connectivity index is 2.07. The number of hydrogen-bond acceptors (Lipinski definition) is 3. The van der Waals surface area contributed by atoms with Gasteiger partial charge in [-0.15, -0.1) is 11.8 Å². The Kier molecular flexibility index (Phi) is 4.69. The maximum absolute atomic E-state index is 7.36. The molecule has 0 spiro atoms. The maximum atomic E-state index is 7.36. The molecule has 2 rings (SSSR count). The molecule has 19 heavy (non-hydrogen) atoms. The molecule has 0 aliphatic rings. The van der Waals surface area contributed by atoms with E-state index in [4.69, 9.17) is 34.3 Å². The van der Waals surface area contributed by atoms with Gasteiger partial charge in [-0.1, -0.05) is 23.2 Å². The first kappa shape index (κ1) is 14.2. The number of nitrogens with one attached hydrogen (secondary N) is 1. The molecule has 98 valence electrons. The van der Waals surface area contributed by atoms with Gasteiger partial charge in [-0.25, -0.2) is 0 Å². The van der Waals surface area contributed by atoms with Crippen molar-refractivity contribution in [3.8, 4) is 0 Å². The minimum atomic E-state index is -0.0265. The molecular formula is C13H11Cl2N3S. The van der Waals surface area contributed by atoms with Crippen molar-refractivity contribution < 1.29 is 0 Å². The second-order valence-electron chi connectivity index (χ2n) is 3.83. The van der Waals surface area contributed by atoms with Crippen LogP contribution in [0.1, 0.15) is 11.3 Å². The standard InChI is InChI=1S/C13H11Cl2N3S/c14-10-2-1-9(6-11(10)15)19-7-8-3-4-18-12(5-8)13(16)17/h1-6H,7H2,(H3,16,17). The molecule has 2 aromatic rings. The van der Waals surface area contributed by atoms with Crippen LogP contribution in [0.2, 0.25) is 10.0 Å². The summed E-state index contributed by atoms with van der Waals surface area (Å²) in [5, 5.41) is 8.45. The third kappa shape index (κ3) is 3.86. The number of aromatic nitrogens is 1. The lowest BCUT2D eigenvalue weighted by Crippen LogP contribution is -2.13. The van der Waals surface area contributed by atoms with Crippen molar-refractivity contribution in [1.82, 2.24) is 4.98 Å². The summed E-state index contributed by atoms with van der Waals surface area (Å²) in [6.45, 7) is 0. The minimum absolute atomic E-state index is 0.0265. The second kappa shape index (κ2) is 6.28. The first-order valence-corrected chi connectivity index (χ1v) is 7.17. The molecule has 3 nitrogen and oxygen atoms in total. The van der Waals surface area contributed by atoms with Gasteiger partial charge in [-0.05, 0) is 35.9 Å². The lowest BCUT2D eigenvalue weighted by Gasteiger charge is -2.05. The van der Waals surface area contributed by atoms with Crippen molar-refractivity contribution in [2.75, 3.05) is 0 Å². The van der Waals surface area contributed by atoms with E-state index in [9.17, 15) is 0 Å². The van der Waals surface area contributed by atoms with Crippen LogP contribution in [0, 0.1) is 5.41 Å². The maximum Gasteiger partial charge on any atom is 0.141 e. The largest absolute Gasteiger partial charge is 0.382 e. The van der Waals surface area contributed by atoms with Crippen LogP contribution < -0.4 is 5.73 Å². The second-order valence-corrected chi connectivity index (χ2v) is 5.69. The summed E-state index contributed by atoms with van der Waals surface area (Å²) in [6.07, 6.45) is 1.65. The Morgan fingerprint density at radius 1 is 1.21 bits per heavy atom. The van der Waals surface area contributed by atoms with Crippen molar-refractivity contribution in [1.29, 1.82) is 5.41 Å². The van der Waals surface area contributed by atoms with Crippen molar-refractivity contribution in [2.45, 2.75) is 10.6 Å². The summed E-state index contributed by atoms with van der Waals surface area (Å²) in [5.41, 5.74) is 6.95. The van der Waals surface area contributed by atoms with Crippen molar-refractivity contribution in [2.24, 2.45) is 5.73 Å². The number of nitrogens with two attached hydrogens (primary N) is 1. The molecule has 0 fully saturated rings. The van der Waals surface area contributed by atoms with Gasteiger partial charge in [0, 0.05) is 16.8 Å². The first-order chi connectivity index (χ1) is 9.06. The van der Waals surface area contributed by atoms with Crippen molar-refractivity contribution in [3.05, 3.63) is 57.8 Å². The van der Waals surface area contributed by atoms with Gasteiger partial charge in [0.15, 0.2) is 0 Å². The van der Waals surface area contributed by atoms with Crippen molar-refractivity contribution >= 4 is 40.8 Å². The number of nitrogen functional groups attached to an aromatic ring is 1. The van der Waals surface area contributed by atoms with Gasteiger partial charge in [0.2, 0.25) is 0 Å². The number of hydrogen-bond donors (Lipinski definition) is 2. The minimum Gasteiger partial charge on any atom is -0.382 e. The van der Waals surface area contributed by atoms with E-state index in [1.54, 1.807) is 24.0 Å². The Hall–Kier alpha value is -1.23. The zero-order chi connectivity index (χ0) is 13.8. The molecule has 0 bridgehead atoms. The highest BCUT2D eigenvalue weighted by Gasteiger charge is 2.03. The van der Waals surface area contributed by atoms with Gasteiger partial charge in [-0.3, -0.25) is 10.4 Å². The molecule has 1 aromatic heterocycles. The van der Waals surface area contributed by atoms with Crippen LogP contribution in [0.4, 0.5) is 0 Å². The average Bonchev–Trinajstić information content (AvgIpc) is 2.40. The Labute approximate surface area is 125 Å². The number of benzene rings is 1. The van der Waals surface area contributed by atoms with Gasteiger partial charge >= 0.3 is 0 Å². The summed E-state index contributed by atoms with van der Waals surface area (Å²) in [5.74, 6) is 0.724. The monoisotopic (exact) mass is 311 g/mol. The summed E-state index contributed by atoms with van der Waals surface area (Å²) >= 11 is 13.5. The predicted molar refractivity (Wildman–Crippen MR) is 81.3 cm³/mol. The molecule has 0 aliphatic heterocycles. The third-order valence-electron chi connectivity index (χ3n) is 2.40. The molecule has 0 aliphatic carbocycles. The van der Waals surface area contributed by atoms with Gasteiger partial charge in [-0.2, -0.15) is 0 Å². The highest BCUT2D eigenvalue weighted by molar-refractivity contribution is 7.98. The zero-order valence-electron chi connectivity index (χ0n) is 9.86. The highest BCUT2D eigenvalue weighted by atomic mass is 35.5. The molecule has 6 heteroatoms. The van der Waals surface area contributed by atoms with E-state index in [0.29, 0.717) is 15.7 Å². The number of rotatable bonds is 4. The normalized spacial score (nSPS) is 10.4. The van der Waals surface area contributed by atoms with Gasteiger partial charge in [0.05, 0.1) is 10.0 Å². The van der Waals surface area contributed by atoms with Crippen LogP contribution in [0.15, 0.2) is 41.4 Å². The van der Waals surface area contributed by atoms with E-state index in [2.05, 4.69) is 4.98 Å². The van der Waals surface area contributed by atoms with Gasteiger partial charge in [0.1, 0.15) is 11.5 Å². The average molecular weight is 312 g/mol. The van der Waals surface area contributed by atoms with Crippen LogP contribution in [0.25, 0.3) is 0 Å². The lowest BCUT2D eigenvalue weighted by molar-refractivity contribution is 1.22. The zero-order valence-corrected chi connectivity index (χ0v) is 12.2. The molecule has 1 aromatic carbocycles. The molecule has 1 heterocycles. The topological polar surface area (TPSA) is 62.8 Å². The Morgan fingerprint density at radius 2 is 2.00 bits per heavy atom. The fourth-order valence-electron chi connectivity index (χ4n) is 1.44. The summed E-state index contributed by atoms with van der Waals surface area (Å²) in [4.78, 5) is 5.06. The number of thioether (sulfide) groups is 1. The Bertz CT molecular complexity index is 617. The van der Waals surface area contributed by atoms with Crippen LogP contribution in [-0.2, 0) is 5.75 Å². The Morgan fingerprint density at radius 3 is 2.68 bits per heavy atom. The SMILES string of the molecule is N=C(N)c1cc(CSc2ccc(Cl)c(Cl)c2)ccn1. The summed E-state index contributed by atoms with van der Waals surface area (Å²) < 4.78 is 0. The number of halogens is 2. The van der Waals surface area contributed by atoms with Gasteiger partial charge < -0.3 is 5.73 Å². The third-order valence-corrected chi connectivity index (χ3v) is 4.20. The molecule has 0 saturated carbocycles. The van der Waals surface area contributed by atoms with Crippen LogP contribution in [0.5, 0.6) is 0 Å². The summed E-state index contributed by atoms with van der Waals surface area (Å²) in [7, 11) is 0. The molecule has 3 N–H and O–H groups in total. The van der Waals surface area contributed by atoms with Crippen LogP contribution in [0.3, 0.4) is 0 Å². The molecule has 0 atom stereocenters. The molecule has 0 amide bonds. The number of pyridine rings is 1. The molecule has 0 saturated heterocycles. The van der Waals surface area contributed by atoms with E-state index in [1.165, 1.54) is 0 Å². The van der Waals surface area contributed by atoms with E-state index in [1.807, 2.05) is 24.3 Å². The van der Waals surface area contributed by atoms with Gasteiger partial charge in [0.25, 0.3) is 0 Å². The fraction of sp³-hybridized carbons (Fsp3) is 0.0769. The quantitative estimate of drug-likeness (QED) is 0.510. The van der Waals surface area contributed by atoms with Crippen molar-refractivity contribution in [3.63, 3.8) is 0 Å².